The van der Waals surface area contributed by atoms with Gasteiger partial charge in [0, 0.05) is 11.0 Å². The van der Waals surface area contributed by atoms with Gasteiger partial charge in [-0.3, -0.25) is 28.8 Å². The molecule has 12 heteroatoms. The molecule has 8 aliphatic rings. The van der Waals surface area contributed by atoms with Gasteiger partial charge in [0.25, 0.3) is 0 Å². The molecule has 0 aromatic rings. The van der Waals surface area contributed by atoms with Crippen LogP contribution in [-0.2, 0) is 28.8 Å². The van der Waals surface area contributed by atoms with Gasteiger partial charge in [0.2, 0.25) is 35.4 Å². The van der Waals surface area contributed by atoms with Crippen LogP contribution in [0.4, 0.5) is 0 Å². The monoisotopic (exact) mass is 654 g/mol. The quantitative estimate of drug-likeness (QED) is 0.174. The van der Waals surface area contributed by atoms with Crippen LogP contribution in [0.3, 0.4) is 0 Å². The Balaban J connectivity index is 0.946. The fraction of sp³-hybridized carbons (Fsp3) is 0.829. The zero-order valence-electron chi connectivity index (χ0n) is 28.3. The molecule has 0 radical (unpaired) electrons. The smallest absolute Gasteiger partial charge is 0.243 e. The van der Waals surface area contributed by atoms with Gasteiger partial charge in [0.1, 0.15) is 12.1 Å². The number of hydrogen-bond acceptors (Lipinski definition) is 6. The Kier molecular flexibility index (Phi) is 9.10. The molecule has 0 spiro atoms. The second-order valence-electron chi connectivity index (χ2n) is 17.0. The lowest BCUT2D eigenvalue weighted by molar-refractivity contribution is -0.151. The first-order valence-corrected chi connectivity index (χ1v) is 17.9. The van der Waals surface area contributed by atoms with Crippen LogP contribution in [0, 0.1) is 46.3 Å². The summed E-state index contributed by atoms with van der Waals surface area (Å²) in [5, 5.41) is 14.0. The van der Waals surface area contributed by atoms with Crippen molar-refractivity contribution in [2.45, 2.75) is 122 Å². The van der Waals surface area contributed by atoms with Crippen molar-refractivity contribution in [2.75, 3.05) is 13.1 Å². The first-order chi connectivity index (χ1) is 22.2. The molecule has 0 heterocycles. The van der Waals surface area contributed by atoms with E-state index in [0.29, 0.717) is 42.4 Å². The van der Waals surface area contributed by atoms with Gasteiger partial charge in [-0.1, -0.05) is 13.8 Å². The minimum atomic E-state index is -0.796. The van der Waals surface area contributed by atoms with Crippen LogP contribution in [-0.4, -0.2) is 66.2 Å². The SMILES string of the molecule is CC(C)C[C@H](NC(=O)CNC(=O)CNC(=O)[C@H](C)NC(=O)C12CC3C[C@H](C1)C[C@H](C3)C2)C(=O)N[C@@]12CC3C[C@H](C1)C[C@](C(N)=O)(C3)C2. The number of carbonyl (C=O) groups excluding carboxylic acids is 6. The molecule has 8 bridgehead atoms. The molecular formula is C35H54N6O6. The third kappa shape index (κ3) is 7.02. The molecule has 0 aliphatic heterocycles. The van der Waals surface area contributed by atoms with Gasteiger partial charge in [-0.15, -0.1) is 0 Å². The molecular weight excluding hydrogens is 600 g/mol. The molecule has 6 amide bonds. The molecule has 7 N–H and O–H groups in total. The Morgan fingerprint density at radius 1 is 0.660 bits per heavy atom. The molecule has 8 aliphatic carbocycles. The fourth-order valence-corrected chi connectivity index (χ4v) is 11.4. The molecule has 0 saturated heterocycles. The van der Waals surface area contributed by atoms with Gasteiger partial charge in [-0.25, -0.2) is 0 Å². The van der Waals surface area contributed by atoms with Crippen LogP contribution in [0.15, 0.2) is 0 Å². The molecule has 1 unspecified atom stereocenters. The summed E-state index contributed by atoms with van der Waals surface area (Å²) >= 11 is 0. The number of nitrogens with one attached hydrogen (secondary N) is 5. The highest BCUT2D eigenvalue weighted by Crippen LogP contribution is 2.62. The van der Waals surface area contributed by atoms with E-state index in [1.165, 1.54) is 19.3 Å². The number of carbonyl (C=O) groups is 6. The molecule has 8 rings (SSSR count). The predicted molar refractivity (Wildman–Crippen MR) is 173 cm³/mol. The van der Waals surface area contributed by atoms with Gasteiger partial charge < -0.3 is 32.3 Å². The van der Waals surface area contributed by atoms with Crippen molar-refractivity contribution < 1.29 is 28.8 Å². The largest absolute Gasteiger partial charge is 0.369 e. The fourth-order valence-electron chi connectivity index (χ4n) is 11.4. The number of amides is 6. The lowest BCUT2D eigenvalue weighted by Gasteiger charge is -2.61. The first-order valence-electron chi connectivity index (χ1n) is 17.9. The Morgan fingerprint density at radius 3 is 1.74 bits per heavy atom. The Hall–Kier alpha value is -3.18. The second-order valence-corrected chi connectivity index (χ2v) is 17.0. The van der Waals surface area contributed by atoms with Crippen molar-refractivity contribution in [1.82, 2.24) is 26.6 Å². The Labute approximate surface area is 277 Å². The van der Waals surface area contributed by atoms with Crippen molar-refractivity contribution in [2.24, 2.45) is 52.1 Å². The number of rotatable bonds is 13. The van der Waals surface area contributed by atoms with E-state index >= 15 is 0 Å². The van der Waals surface area contributed by atoms with E-state index < -0.39 is 40.8 Å². The highest BCUT2D eigenvalue weighted by atomic mass is 16.2. The van der Waals surface area contributed by atoms with E-state index in [4.69, 9.17) is 5.73 Å². The summed E-state index contributed by atoms with van der Waals surface area (Å²) in [6.45, 7) is 4.86. The van der Waals surface area contributed by atoms with Crippen molar-refractivity contribution in [1.29, 1.82) is 0 Å². The average Bonchev–Trinajstić information content (AvgIpc) is 2.96. The molecule has 0 aromatic carbocycles. The highest BCUT2D eigenvalue weighted by molar-refractivity contribution is 5.93. The summed E-state index contributed by atoms with van der Waals surface area (Å²) in [7, 11) is 0. The zero-order valence-corrected chi connectivity index (χ0v) is 28.3. The Morgan fingerprint density at radius 2 is 1.19 bits per heavy atom. The van der Waals surface area contributed by atoms with Gasteiger partial charge >= 0.3 is 0 Å². The maximum absolute atomic E-state index is 13.6. The topological polar surface area (TPSA) is 189 Å². The summed E-state index contributed by atoms with van der Waals surface area (Å²) in [6.07, 6.45) is 11.6. The molecule has 8 saturated carbocycles. The summed E-state index contributed by atoms with van der Waals surface area (Å²) in [6, 6.07) is -1.58. The molecule has 0 aromatic heterocycles. The van der Waals surface area contributed by atoms with Gasteiger partial charge in [0.15, 0.2) is 0 Å². The predicted octanol–water partition coefficient (Wildman–Crippen LogP) is 1.41. The van der Waals surface area contributed by atoms with Crippen molar-refractivity contribution in [3.05, 3.63) is 0 Å². The van der Waals surface area contributed by atoms with Crippen LogP contribution in [0.25, 0.3) is 0 Å². The van der Waals surface area contributed by atoms with E-state index in [1.54, 1.807) is 6.92 Å². The minimum Gasteiger partial charge on any atom is -0.369 e. The number of primary amides is 1. The van der Waals surface area contributed by atoms with Crippen LogP contribution in [0.1, 0.15) is 104 Å². The molecule has 12 nitrogen and oxygen atoms in total. The van der Waals surface area contributed by atoms with Crippen molar-refractivity contribution in [3.63, 3.8) is 0 Å². The summed E-state index contributed by atoms with van der Waals surface area (Å²) in [5.74, 6) is 0.558. The molecule has 6 atom stereocenters. The van der Waals surface area contributed by atoms with Crippen LogP contribution >= 0.6 is 0 Å². The van der Waals surface area contributed by atoms with Crippen molar-refractivity contribution >= 4 is 35.4 Å². The van der Waals surface area contributed by atoms with Crippen molar-refractivity contribution in [3.8, 4) is 0 Å². The van der Waals surface area contributed by atoms with E-state index in [2.05, 4.69) is 26.6 Å². The van der Waals surface area contributed by atoms with E-state index in [9.17, 15) is 28.8 Å². The van der Waals surface area contributed by atoms with Gasteiger partial charge in [-0.2, -0.15) is 0 Å². The molecule has 260 valence electrons. The molecule has 47 heavy (non-hydrogen) atoms. The third-order valence-electron chi connectivity index (χ3n) is 12.5. The minimum absolute atomic E-state index is 0.0454. The van der Waals surface area contributed by atoms with E-state index in [1.807, 2.05) is 13.8 Å². The second kappa shape index (κ2) is 12.7. The van der Waals surface area contributed by atoms with Gasteiger partial charge in [0.05, 0.1) is 18.5 Å². The van der Waals surface area contributed by atoms with E-state index in [0.717, 1.165) is 51.4 Å². The summed E-state index contributed by atoms with van der Waals surface area (Å²) in [4.78, 5) is 77.5. The third-order valence-corrected chi connectivity index (χ3v) is 12.5. The number of nitrogens with two attached hydrogens (primary N) is 1. The summed E-state index contributed by atoms with van der Waals surface area (Å²) in [5.41, 5.74) is 4.45. The van der Waals surface area contributed by atoms with Crippen LogP contribution in [0.5, 0.6) is 0 Å². The average molecular weight is 655 g/mol. The normalized spacial score (nSPS) is 37.1. The lowest BCUT2D eigenvalue weighted by atomic mass is 9.46. The lowest BCUT2D eigenvalue weighted by Crippen LogP contribution is -2.67. The highest BCUT2D eigenvalue weighted by Gasteiger charge is 2.61. The van der Waals surface area contributed by atoms with Crippen LogP contribution in [0.2, 0.25) is 0 Å². The Bertz CT molecular complexity index is 1260. The van der Waals surface area contributed by atoms with Gasteiger partial charge in [-0.05, 0) is 126 Å². The van der Waals surface area contributed by atoms with E-state index in [-0.39, 0.29) is 42.1 Å². The first kappa shape index (κ1) is 33.7. The maximum Gasteiger partial charge on any atom is 0.243 e. The summed E-state index contributed by atoms with van der Waals surface area (Å²) < 4.78 is 0. The number of hydrogen-bond donors (Lipinski definition) is 6. The van der Waals surface area contributed by atoms with Crippen LogP contribution < -0.4 is 32.3 Å². The molecule has 8 fully saturated rings. The zero-order chi connectivity index (χ0) is 33.7. The maximum atomic E-state index is 13.6. The standard InChI is InChI=1S/C35H54N6O6/c1-19(2)4-26(30(45)41-35-14-24-8-25(15-35)13-34(12-24,18-35)31(36)46)40-28(43)17-37-27(42)16-38-29(44)20(3)39-32(47)33-9-21-5-22(10-33)7-23(6-21)11-33/h19-26H,4-18H2,1-3H3,(H2,36,46)(H,37,42)(H,38,44)(H,39,47)(H,40,43)(H,41,45)/t20-,21-,22?,23+,24-,25?,26-,33?,34-,35+/m0/s1.